The number of hydrogen-bond acceptors (Lipinski definition) is 5. The summed E-state index contributed by atoms with van der Waals surface area (Å²) in [5.74, 6) is -0.474. The Bertz CT molecular complexity index is 452. The van der Waals surface area contributed by atoms with Crippen molar-refractivity contribution >= 4 is 5.97 Å². The fourth-order valence-electron chi connectivity index (χ4n) is 2.31. The monoisotopic (exact) mass is 279 g/mol. The van der Waals surface area contributed by atoms with Gasteiger partial charge in [-0.05, 0) is 25.8 Å². The smallest absolute Gasteiger partial charge is 0.378 e. The first-order valence-corrected chi connectivity index (χ1v) is 7.11. The Hall–Kier alpha value is -1.69. The summed E-state index contributed by atoms with van der Waals surface area (Å²) in [6.07, 6.45) is 8.75. The second-order valence-corrected chi connectivity index (χ2v) is 4.79. The Kier molecular flexibility index (Phi) is 5.29. The maximum atomic E-state index is 11.5. The first kappa shape index (κ1) is 14.7. The van der Waals surface area contributed by atoms with Gasteiger partial charge in [0, 0.05) is 0 Å². The molecule has 20 heavy (non-hydrogen) atoms. The molecule has 0 unspecified atom stereocenters. The predicted molar refractivity (Wildman–Crippen MR) is 73.2 cm³/mol. The molecule has 1 heterocycles. The van der Waals surface area contributed by atoms with Crippen LogP contribution in [-0.2, 0) is 9.47 Å². The van der Waals surface area contributed by atoms with Crippen molar-refractivity contribution in [2.75, 3.05) is 6.61 Å². The van der Waals surface area contributed by atoms with Gasteiger partial charge in [-0.25, -0.2) is 14.5 Å². The van der Waals surface area contributed by atoms with E-state index in [9.17, 15) is 4.79 Å². The third-order valence-electron chi connectivity index (χ3n) is 3.31. The summed E-state index contributed by atoms with van der Waals surface area (Å²) in [4.78, 5) is 15.5. The quantitative estimate of drug-likeness (QED) is 0.591. The summed E-state index contributed by atoms with van der Waals surface area (Å²) < 4.78 is 12.3. The molecule has 6 heteroatoms. The molecule has 0 N–H and O–H groups in total. The molecule has 1 fully saturated rings. The van der Waals surface area contributed by atoms with Crippen LogP contribution < -0.4 is 0 Å². The topological polar surface area (TPSA) is 66.2 Å². The zero-order valence-electron chi connectivity index (χ0n) is 11.8. The van der Waals surface area contributed by atoms with Gasteiger partial charge in [0.2, 0.25) is 0 Å². The summed E-state index contributed by atoms with van der Waals surface area (Å²) in [7, 11) is 0. The van der Waals surface area contributed by atoms with Crippen LogP contribution >= 0.6 is 0 Å². The highest BCUT2D eigenvalue weighted by atomic mass is 16.5. The van der Waals surface area contributed by atoms with Crippen molar-refractivity contribution in [1.29, 1.82) is 0 Å². The maximum absolute atomic E-state index is 11.5. The number of carbonyl (C=O) groups is 1. The third-order valence-corrected chi connectivity index (χ3v) is 3.31. The molecule has 0 radical (unpaired) electrons. The molecule has 1 aromatic heterocycles. The minimum Gasteiger partial charge on any atom is -0.460 e. The number of nitrogens with zero attached hydrogens (tertiary/aromatic N) is 3. The molecule has 110 valence electrons. The highest BCUT2D eigenvalue weighted by Gasteiger charge is 2.21. The minimum absolute atomic E-state index is 0.0472. The molecule has 0 aromatic carbocycles. The molecule has 2 rings (SSSR count). The Labute approximate surface area is 118 Å². The van der Waals surface area contributed by atoms with Crippen LogP contribution in [0.5, 0.6) is 0 Å². The second-order valence-electron chi connectivity index (χ2n) is 4.79. The van der Waals surface area contributed by atoms with E-state index >= 15 is 0 Å². The fourth-order valence-corrected chi connectivity index (χ4v) is 2.31. The van der Waals surface area contributed by atoms with Gasteiger partial charge >= 0.3 is 5.97 Å². The van der Waals surface area contributed by atoms with Crippen LogP contribution in [0, 0.1) is 0 Å². The molecule has 0 amide bonds. The van der Waals surface area contributed by atoms with Crippen LogP contribution in [0.2, 0.25) is 0 Å². The van der Waals surface area contributed by atoms with E-state index in [2.05, 4.69) is 16.7 Å². The lowest BCUT2D eigenvalue weighted by Gasteiger charge is -2.25. The molecule has 1 aliphatic rings. The standard InChI is InChI=1S/C14H21N3O3/c1-3-12(20-11-8-6-5-7-9-11)17-10-15-13(16-17)14(18)19-4-2/h3,10-12H,1,4-9H2,2H3/t12-/m0/s1. The number of ether oxygens (including phenoxy) is 2. The van der Waals surface area contributed by atoms with Crippen LogP contribution in [0.3, 0.4) is 0 Å². The molecule has 0 aliphatic heterocycles. The Balaban J connectivity index is 2.00. The van der Waals surface area contributed by atoms with Crippen LogP contribution in [0.4, 0.5) is 0 Å². The van der Waals surface area contributed by atoms with E-state index in [0.717, 1.165) is 12.8 Å². The van der Waals surface area contributed by atoms with E-state index in [1.54, 1.807) is 13.0 Å². The molecule has 0 saturated heterocycles. The number of esters is 1. The number of rotatable bonds is 6. The molecule has 1 aliphatic carbocycles. The molecular weight excluding hydrogens is 258 g/mol. The zero-order chi connectivity index (χ0) is 14.4. The van der Waals surface area contributed by atoms with Crippen LogP contribution in [-0.4, -0.2) is 33.4 Å². The van der Waals surface area contributed by atoms with Crippen LogP contribution in [0.15, 0.2) is 19.0 Å². The van der Waals surface area contributed by atoms with Gasteiger partial charge in [0.15, 0.2) is 6.23 Å². The predicted octanol–water partition coefficient (Wildman–Crippen LogP) is 2.49. The minimum atomic E-state index is -0.522. The average molecular weight is 279 g/mol. The third kappa shape index (κ3) is 3.66. The van der Waals surface area contributed by atoms with E-state index in [-0.39, 0.29) is 11.9 Å². The summed E-state index contributed by atoms with van der Waals surface area (Å²) in [6.45, 7) is 5.81. The van der Waals surface area contributed by atoms with Crippen molar-refractivity contribution in [1.82, 2.24) is 14.8 Å². The molecular formula is C14H21N3O3. The fraction of sp³-hybridized carbons (Fsp3) is 0.643. The van der Waals surface area contributed by atoms with Crippen molar-refractivity contribution in [2.45, 2.75) is 51.4 Å². The lowest BCUT2D eigenvalue weighted by atomic mass is 9.98. The summed E-state index contributed by atoms with van der Waals surface area (Å²) in [5.41, 5.74) is 0. The summed E-state index contributed by atoms with van der Waals surface area (Å²) in [6, 6.07) is 0. The number of carbonyl (C=O) groups excluding carboxylic acids is 1. The molecule has 0 bridgehead atoms. The van der Waals surface area contributed by atoms with E-state index < -0.39 is 12.2 Å². The van der Waals surface area contributed by atoms with E-state index in [4.69, 9.17) is 9.47 Å². The van der Waals surface area contributed by atoms with Gasteiger partial charge in [0.1, 0.15) is 6.33 Å². The van der Waals surface area contributed by atoms with Crippen LogP contribution in [0.25, 0.3) is 0 Å². The van der Waals surface area contributed by atoms with E-state index in [1.807, 2.05) is 0 Å². The zero-order valence-corrected chi connectivity index (χ0v) is 11.8. The van der Waals surface area contributed by atoms with Crippen molar-refractivity contribution in [3.63, 3.8) is 0 Å². The SMILES string of the molecule is C=C[C@H](OC1CCCCC1)n1cnc(C(=O)OCC)n1. The first-order valence-electron chi connectivity index (χ1n) is 7.11. The highest BCUT2D eigenvalue weighted by molar-refractivity contribution is 5.84. The van der Waals surface area contributed by atoms with Gasteiger partial charge in [-0.2, -0.15) is 0 Å². The maximum Gasteiger partial charge on any atom is 0.378 e. The van der Waals surface area contributed by atoms with Gasteiger partial charge in [-0.15, -0.1) is 5.10 Å². The van der Waals surface area contributed by atoms with Gasteiger partial charge in [-0.3, -0.25) is 0 Å². The lowest BCUT2D eigenvalue weighted by molar-refractivity contribution is -0.0474. The van der Waals surface area contributed by atoms with Gasteiger partial charge in [0.05, 0.1) is 12.7 Å². The van der Waals surface area contributed by atoms with Crippen molar-refractivity contribution in [3.05, 3.63) is 24.8 Å². The van der Waals surface area contributed by atoms with E-state index in [0.29, 0.717) is 6.61 Å². The second kappa shape index (κ2) is 7.19. The van der Waals surface area contributed by atoms with E-state index in [1.165, 1.54) is 30.3 Å². The van der Waals surface area contributed by atoms with Gasteiger partial charge in [0.25, 0.3) is 5.82 Å². The molecule has 1 saturated carbocycles. The van der Waals surface area contributed by atoms with Gasteiger partial charge < -0.3 is 9.47 Å². The van der Waals surface area contributed by atoms with Crippen molar-refractivity contribution in [3.8, 4) is 0 Å². The Morgan fingerprint density at radius 1 is 1.55 bits per heavy atom. The molecule has 6 nitrogen and oxygen atoms in total. The van der Waals surface area contributed by atoms with Gasteiger partial charge in [-0.1, -0.05) is 25.8 Å². The molecule has 1 atom stereocenters. The number of aromatic nitrogens is 3. The number of hydrogen-bond donors (Lipinski definition) is 0. The summed E-state index contributed by atoms with van der Waals surface area (Å²) in [5, 5.41) is 4.10. The molecule has 0 spiro atoms. The van der Waals surface area contributed by atoms with Crippen molar-refractivity contribution in [2.24, 2.45) is 0 Å². The molecule has 1 aromatic rings. The average Bonchev–Trinajstić information content (AvgIpc) is 2.96. The normalized spacial score (nSPS) is 17.6. The first-order chi connectivity index (χ1) is 9.74. The largest absolute Gasteiger partial charge is 0.460 e. The Morgan fingerprint density at radius 3 is 2.95 bits per heavy atom. The van der Waals surface area contributed by atoms with Crippen LogP contribution in [0.1, 0.15) is 55.9 Å². The van der Waals surface area contributed by atoms with Crippen molar-refractivity contribution < 1.29 is 14.3 Å². The highest BCUT2D eigenvalue weighted by Crippen LogP contribution is 2.24. The lowest BCUT2D eigenvalue weighted by Crippen LogP contribution is -2.22. The summed E-state index contributed by atoms with van der Waals surface area (Å²) >= 11 is 0. The Morgan fingerprint density at radius 2 is 2.30 bits per heavy atom.